The van der Waals surface area contributed by atoms with E-state index in [9.17, 15) is 0 Å². The van der Waals surface area contributed by atoms with Crippen LogP contribution in [0.15, 0.2) is 24.3 Å². The van der Waals surface area contributed by atoms with Crippen molar-refractivity contribution in [2.24, 2.45) is 0 Å². The molecule has 1 N–H and O–H groups in total. The van der Waals surface area contributed by atoms with Crippen molar-refractivity contribution in [1.82, 2.24) is 5.32 Å². The summed E-state index contributed by atoms with van der Waals surface area (Å²) in [6, 6.07) is 8.36. The number of hydrogen-bond donors (Lipinski definition) is 1. The standard InChI is InChI=1S/C14H21NO3/c1-15-13-6-7-17-10-14(13)18-12-5-3-4-11(8-12)9-16-2/h3-5,8,13-15H,6-7,9-10H2,1-2H3. The van der Waals surface area contributed by atoms with Crippen LogP contribution in [-0.2, 0) is 16.1 Å². The van der Waals surface area contributed by atoms with Gasteiger partial charge < -0.3 is 19.5 Å². The van der Waals surface area contributed by atoms with E-state index in [1.807, 2.05) is 31.3 Å². The van der Waals surface area contributed by atoms with Gasteiger partial charge in [-0.25, -0.2) is 0 Å². The third-order valence-electron chi connectivity index (χ3n) is 3.17. The van der Waals surface area contributed by atoms with Crippen LogP contribution in [0, 0.1) is 0 Å². The van der Waals surface area contributed by atoms with E-state index < -0.39 is 0 Å². The third-order valence-corrected chi connectivity index (χ3v) is 3.17. The van der Waals surface area contributed by atoms with Crippen LogP contribution in [0.3, 0.4) is 0 Å². The highest BCUT2D eigenvalue weighted by atomic mass is 16.5. The number of benzene rings is 1. The predicted molar refractivity (Wildman–Crippen MR) is 69.9 cm³/mol. The van der Waals surface area contributed by atoms with Crippen LogP contribution in [0.5, 0.6) is 5.75 Å². The number of rotatable bonds is 5. The van der Waals surface area contributed by atoms with E-state index in [-0.39, 0.29) is 6.10 Å². The van der Waals surface area contributed by atoms with Crippen molar-refractivity contribution in [3.05, 3.63) is 29.8 Å². The fraction of sp³-hybridized carbons (Fsp3) is 0.571. The topological polar surface area (TPSA) is 39.7 Å². The molecule has 18 heavy (non-hydrogen) atoms. The van der Waals surface area contributed by atoms with Crippen molar-refractivity contribution >= 4 is 0 Å². The Labute approximate surface area is 108 Å². The lowest BCUT2D eigenvalue weighted by atomic mass is 10.1. The van der Waals surface area contributed by atoms with Crippen LogP contribution >= 0.6 is 0 Å². The molecule has 1 heterocycles. The summed E-state index contributed by atoms with van der Waals surface area (Å²) in [6.07, 6.45) is 1.06. The number of methoxy groups -OCH3 is 1. The molecule has 0 bridgehead atoms. The van der Waals surface area contributed by atoms with Crippen LogP contribution in [-0.4, -0.2) is 39.5 Å². The number of likely N-dealkylation sites (N-methyl/N-ethyl adjacent to an activating group) is 1. The van der Waals surface area contributed by atoms with E-state index in [4.69, 9.17) is 14.2 Å². The first kappa shape index (κ1) is 13.3. The Hall–Kier alpha value is -1.10. The lowest BCUT2D eigenvalue weighted by Gasteiger charge is -2.31. The number of hydrogen-bond acceptors (Lipinski definition) is 4. The molecule has 0 spiro atoms. The predicted octanol–water partition coefficient (Wildman–Crippen LogP) is 1.59. The second-order valence-corrected chi connectivity index (χ2v) is 4.50. The van der Waals surface area contributed by atoms with Crippen molar-refractivity contribution in [3.63, 3.8) is 0 Å². The van der Waals surface area contributed by atoms with Gasteiger partial charge in [-0.1, -0.05) is 12.1 Å². The van der Waals surface area contributed by atoms with Gasteiger partial charge in [-0.2, -0.15) is 0 Å². The molecule has 2 unspecified atom stereocenters. The van der Waals surface area contributed by atoms with Crippen molar-refractivity contribution in [2.75, 3.05) is 27.4 Å². The summed E-state index contributed by atoms with van der Waals surface area (Å²) in [5.74, 6) is 0.875. The molecule has 0 amide bonds. The monoisotopic (exact) mass is 251 g/mol. The SMILES string of the molecule is CNC1CCOCC1Oc1cccc(COC)c1. The molecule has 100 valence electrons. The fourth-order valence-electron chi connectivity index (χ4n) is 2.21. The van der Waals surface area contributed by atoms with Crippen molar-refractivity contribution in [1.29, 1.82) is 0 Å². The van der Waals surface area contributed by atoms with Gasteiger partial charge in [0, 0.05) is 19.8 Å². The van der Waals surface area contributed by atoms with Gasteiger partial charge in [-0.05, 0) is 31.2 Å². The Morgan fingerprint density at radius 3 is 3.11 bits per heavy atom. The maximum Gasteiger partial charge on any atom is 0.137 e. The van der Waals surface area contributed by atoms with Gasteiger partial charge in [0.1, 0.15) is 11.9 Å². The zero-order chi connectivity index (χ0) is 12.8. The van der Waals surface area contributed by atoms with Gasteiger partial charge in [0.25, 0.3) is 0 Å². The summed E-state index contributed by atoms with van der Waals surface area (Å²) in [4.78, 5) is 0. The molecule has 1 fully saturated rings. The highest BCUT2D eigenvalue weighted by Gasteiger charge is 2.26. The fourth-order valence-corrected chi connectivity index (χ4v) is 2.21. The molecule has 0 saturated carbocycles. The Balaban J connectivity index is 2.00. The lowest BCUT2D eigenvalue weighted by molar-refractivity contribution is -0.0129. The summed E-state index contributed by atoms with van der Waals surface area (Å²) in [6.45, 7) is 2.04. The molecule has 1 aliphatic rings. The highest BCUT2D eigenvalue weighted by Crippen LogP contribution is 2.19. The van der Waals surface area contributed by atoms with Gasteiger partial charge in [0.2, 0.25) is 0 Å². The molecule has 0 radical (unpaired) electrons. The second kappa shape index (κ2) is 6.73. The van der Waals surface area contributed by atoms with Gasteiger partial charge >= 0.3 is 0 Å². The smallest absolute Gasteiger partial charge is 0.137 e. The summed E-state index contributed by atoms with van der Waals surface area (Å²) >= 11 is 0. The van der Waals surface area contributed by atoms with Crippen molar-refractivity contribution in [3.8, 4) is 5.75 Å². The van der Waals surface area contributed by atoms with Crippen molar-refractivity contribution in [2.45, 2.75) is 25.2 Å². The second-order valence-electron chi connectivity index (χ2n) is 4.50. The van der Waals surface area contributed by atoms with E-state index in [0.29, 0.717) is 19.3 Å². The molecule has 0 aliphatic carbocycles. The Morgan fingerprint density at radius 1 is 1.44 bits per heavy atom. The molecule has 4 heteroatoms. The van der Waals surface area contributed by atoms with Crippen LogP contribution in [0.1, 0.15) is 12.0 Å². The molecular weight excluding hydrogens is 230 g/mol. The van der Waals surface area contributed by atoms with E-state index in [0.717, 1.165) is 24.3 Å². The molecule has 4 nitrogen and oxygen atoms in total. The van der Waals surface area contributed by atoms with Crippen LogP contribution in [0.25, 0.3) is 0 Å². The Bertz CT molecular complexity index is 370. The average molecular weight is 251 g/mol. The first-order valence-electron chi connectivity index (χ1n) is 6.33. The first-order valence-corrected chi connectivity index (χ1v) is 6.33. The molecule has 0 aromatic heterocycles. The lowest BCUT2D eigenvalue weighted by Crippen LogP contribution is -2.48. The first-order chi connectivity index (χ1) is 8.83. The molecule has 1 aromatic carbocycles. The van der Waals surface area contributed by atoms with Gasteiger partial charge in [0.15, 0.2) is 0 Å². The largest absolute Gasteiger partial charge is 0.486 e. The van der Waals surface area contributed by atoms with Crippen LogP contribution in [0.4, 0.5) is 0 Å². The number of ether oxygens (including phenoxy) is 3. The van der Waals surface area contributed by atoms with Crippen LogP contribution < -0.4 is 10.1 Å². The van der Waals surface area contributed by atoms with E-state index >= 15 is 0 Å². The quantitative estimate of drug-likeness (QED) is 0.862. The number of nitrogens with one attached hydrogen (secondary N) is 1. The van der Waals surface area contributed by atoms with E-state index in [1.165, 1.54) is 0 Å². The zero-order valence-electron chi connectivity index (χ0n) is 11.0. The van der Waals surface area contributed by atoms with Crippen molar-refractivity contribution < 1.29 is 14.2 Å². The zero-order valence-corrected chi connectivity index (χ0v) is 11.0. The molecule has 2 atom stereocenters. The summed E-state index contributed by atoms with van der Waals surface area (Å²) < 4.78 is 16.6. The average Bonchev–Trinajstić information content (AvgIpc) is 2.40. The molecule has 1 aliphatic heterocycles. The summed E-state index contributed by atoms with van der Waals surface area (Å²) in [7, 11) is 3.66. The minimum atomic E-state index is 0.0709. The Kier molecular flexibility index (Phi) is 4.99. The molecular formula is C14H21NO3. The molecule has 1 aromatic rings. The normalized spacial score (nSPS) is 23.9. The summed E-state index contributed by atoms with van der Waals surface area (Å²) in [5.41, 5.74) is 1.12. The van der Waals surface area contributed by atoms with Gasteiger partial charge in [-0.15, -0.1) is 0 Å². The minimum Gasteiger partial charge on any atom is -0.486 e. The molecule has 2 rings (SSSR count). The van der Waals surface area contributed by atoms with E-state index in [1.54, 1.807) is 7.11 Å². The Morgan fingerprint density at radius 2 is 2.33 bits per heavy atom. The van der Waals surface area contributed by atoms with Crippen LogP contribution in [0.2, 0.25) is 0 Å². The maximum absolute atomic E-state index is 6.00. The molecule has 1 saturated heterocycles. The third kappa shape index (κ3) is 3.45. The maximum atomic E-state index is 6.00. The summed E-state index contributed by atoms with van der Waals surface area (Å²) in [5, 5.41) is 3.28. The van der Waals surface area contributed by atoms with Gasteiger partial charge in [-0.3, -0.25) is 0 Å². The van der Waals surface area contributed by atoms with E-state index in [2.05, 4.69) is 5.32 Å². The van der Waals surface area contributed by atoms with Gasteiger partial charge in [0.05, 0.1) is 13.2 Å². The highest BCUT2D eigenvalue weighted by molar-refractivity contribution is 5.28. The minimum absolute atomic E-state index is 0.0709.